The highest BCUT2D eigenvalue weighted by Gasteiger charge is 2.69. The van der Waals surface area contributed by atoms with Gasteiger partial charge in [-0.2, -0.15) is 0 Å². The number of hydrogen-bond acceptors (Lipinski definition) is 2. The molecule has 3 nitrogen and oxygen atoms in total. The molecule has 0 heterocycles. The monoisotopic (exact) mass is 238 g/mol. The van der Waals surface area contributed by atoms with Crippen molar-refractivity contribution in [3.8, 4) is 0 Å². The summed E-state index contributed by atoms with van der Waals surface area (Å²) in [6.45, 7) is 9.37. The molecule has 1 atom stereocenters. The Bertz CT molecular complexity index is 317. The Hall–Kier alpha value is -0.570. The molecular formula is C14H26N2O. The van der Waals surface area contributed by atoms with Crippen molar-refractivity contribution in [2.24, 2.45) is 28.4 Å². The second-order valence-corrected chi connectivity index (χ2v) is 6.97. The first kappa shape index (κ1) is 12.9. The van der Waals surface area contributed by atoms with Gasteiger partial charge in [-0.15, -0.1) is 0 Å². The minimum absolute atomic E-state index is 0.126. The summed E-state index contributed by atoms with van der Waals surface area (Å²) in [5.74, 6) is 1.11. The highest BCUT2D eigenvalue weighted by molar-refractivity contribution is 5.84. The Morgan fingerprint density at radius 1 is 1.29 bits per heavy atom. The lowest BCUT2D eigenvalue weighted by molar-refractivity contribution is -0.134. The molecule has 1 unspecified atom stereocenters. The molecule has 2 fully saturated rings. The molecule has 0 spiro atoms. The summed E-state index contributed by atoms with van der Waals surface area (Å²) < 4.78 is 0. The normalized spacial score (nSPS) is 27.6. The number of rotatable bonds is 4. The van der Waals surface area contributed by atoms with Crippen molar-refractivity contribution in [3.63, 3.8) is 0 Å². The molecule has 17 heavy (non-hydrogen) atoms. The number of carbonyl (C=O) groups is 1. The summed E-state index contributed by atoms with van der Waals surface area (Å²) in [4.78, 5) is 14.5. The lowest BCUT2D eigenvalue weighted by Crippen LogP contribution is -2.44. The summed E-state index contributed by atoms with van der Waals surface area (Å²) in [6.07, 6.45) is 2.47. The molecule has 0 aromatic heterocycles. The summed E-state index contributed by atoms with van der Waals surface area (Å²) in [5.41, 5.74) is 6.07. The summed E-state index contributed by atoms with van der Waals surface area (Å²) >= 11 is 0. The van der Waals surface area contributed by atoms with E-state index in [1.807, 2.05) is 11.9 Å². The van der Waals surface area contributed by atoms with E-state index < -0.39 is 0 Å². The maximum atomic E-state index is 12.5. The minimum atomic E-state index is 0.126. The largest absolute Gasteiger partial charge is 0.341 e. The van der Waals surface area contributed by atoms with Crippen molar-refractivity contribution in [1.82, 2.24) is 4.90 Å². The maximum absolute atomic E-state index is 12.5. The van der Waals surface area contributed by atoms with Crippen LogP contribution in [0.4, 0.5) is 0 Å². The molecule has 2 saturated carbocycles. The fourth-order valence-corrected chi connectivity index (χ4v) is 3.33. The van der Waals surface area contributed by atoms with Gasteiger partial charge in [-0.25, -0.2) is 0 Å². The number of nitrogens with two attached hydrogens (primary N) is 1. The number of hydrogen-bond donors (Lipinski definition) is 1. The fourth-order valence-electron chi connectivity index (χ4n) is 3.33. The minimum Gasteiger partial charge on any atom is -0.341 e. The van der Waals surface area contributed by atoms with Crippen LogP contribution < -0.4 is 5.73 Å². The van der Waals surface area contributed by atoms with Crippen LogP contribution in [0.1, 0.15) is 40.5 Å². The highest BCUT2D eigenvalue weighted by atomic mass is 16.2. The Kier molecular flexibility index (Phi) is 2.81. The number of amides is 1. The quantitative estimate of drug-likeness (QED) is 0.812. The van der Waals surface area contributed by atoms with Gasteiger partial charge in [-0.05, 0) is 29.6 Å². The number of likely N-dealkylation sites (N-methyl/N-ethyl adjacent to an activating group) is 1. The van der Waals surface area contributed by atoms with Crippen LogP contribution in [0.15, 0.2) is 0 Å². The molecule has 1 amide bonds. The zero-order valence-electron chi connectivity index (χ0n) is 11.8. The molecule has 2 N–H and O–H groups in total. The predicted molar refractivity (Wildman–Crippen MR) is 69.4 cm³/mol. The van der Waals surface area contributed by atoms with E-state index in [1.165, 1.54) is 12.8 Å². The van der Waals surface area contributed by atoms with Gasteiger partial charge < -0.3 is 10.6 Å². The first-order chi connectivity index (χ1) is 7.75. The zero-order valence-corrected chi connectivity index (χ0v) is 11.8. The molecule has 0 saturated heterocycles. The fraction of sp³-hybridized carbons (Fsp3) is 0.929. The van der Waals surface area contributed by atoms with Crippen LogP contribution in [0.25, 0.3) is 0 Å². The third-order valence-electron chi connectivity index (χ3n) is 5.52. The van der Waals surface area contributed by atoms with Crippen molar-refractivity contribution in [1.29, 1.82) is 0 Å². The Balaban J connectivity index is 2.06. The molecule has 2 aliphatic rings. The lowest BCUT2D eigenvalue weighted by Gasteiger charge is -2.28. The average Bonchev–Trinajstić information content (AvgIpc) is 3.07. The van der Waals surface area contributed by atoms with E-state index in [0.717, 1.165) is 0 Å². The highest BCUT2D eigenvalue weighted by Crippen LogP contribution is 2.68. The van der Waals surface area contributed by atoms with Crippen molar-refractivity contribution < 1.29 is 4.79 Å². The maximum Gasteiger partial charge on any atom is 0.226 e. The smallest absolute Gasteiger partial charge is 0.226 e. The van der Waals surface area contributed by atoms with Gasteiger partial charge in [0.05, 0.1) is 0 Å². The van der Waals surface area contributed by atoms with E-state index in [-0.39, 0.29) is 22.8 Å². The molecule has 98 valence electrons. The van der Waals surface area contributed by atoms with E-state index in [4.69, 9.17) is 5.73 Å². The third-order valence-corrected chi connectivity index (χ3v) is 5.52. The van der Waals surface area contributed by atoms with Crippen LogP contribution >= 0.6 is 0 Å². The van der Waals surface area contributed by atoms with Gasteiger partial charge in [-0.1, -0.05) is 27.7 Å². The van der Waals surface area contributed by atoms with Crippen molar-refractivity contribution in [2.75, 3.05) is 13.6 Å². The summed E-state index contributed by atoms with van der Waals surface area (Å²) in [7, 11) is 1.93. The first-order valence-corrected chi connectivity index (χ1v) is 6.72. The Labute approximate surface area is 105 Å². The first-order valence-electron chi connectivity index (χ1n) is 6.72. The van der Waals surface area contributed by atoms with Crippen molar-refractivity contribution >= 4 is 5.91 Å². The van der Waals surface area contributed by atoms with Crippen LogP contribution in [-0.4, -0.2) is 30.4 Å². The Morgan fingerprint density at radius 3 is 2.06 bits per heavy atom. The number of nitrogens with zero attached hydrogens (tertiary/aromatic N) is 1. The predicted octanol–water partition coefficient (Wildman–Crippen LogP) is 1.86. The molecular weight excluding hydrogens is 212 g/mol. The SMILES string of the molecule is CN(C(=O)C1C(C)(C)C1(C)C)C(CN)C1CC1. The van der Waals surface area contributed by atoms with Gasteiger partial charge in [0, 0.05) is 25.6 Å². The molecule has 0 bridgehead atoms. The van der Waals surface area contributed by atoms with Crippen LogP contribution in [0.3, 0.4) is 0 Å². The molecule has 2 aliphatic carbocycles. The number of carbonyl (C=O) groups excluding carboxylic acids is 1. The van der Waals surface area contributed by atoms with Gasteiger partial charge in [-0.3, -0.25) is 4.79 Å². The van der Waals surface area contributed by atoms with Crippen LogP contribution in [0.2, 0.25) is 0 Å². The molecule has 0 aromatic carbocycles. The van der Waals surface area contributed by atoms with E-state index in [0.29, 0.717) is 18.4 Å². The molecule has 0 aromatic rings. The second kappa shape index (κ2) is 3.71. The summed E-state index contributed by atoms with van der Waals surface area (Å²) in [5, 5.41) is 0. The van der Waals surface area contributed by atoms with Crippen LogP contribution in [0, 0.1) is 22.7 Å². The van der Waals surface area contributed by atoms with Crippen molar-refractivity contribution in [3.05, 3.63) is 0 Å². The molecule has 2 rings (SSSR count). The second-order valence-electron chi connectivity index (χ2n) is 6.97. The topological polar surface area (TPSA) is 46.3 Å². The van der Waals surface area contributed by atoms with Gasteiger partial charge in [0.1, 0.15) is 0 Å². The third kappa shape index (κ3) is 1.79. The Morgan fingerprint density at radius 2 is 1.76 bits per heavy atom. The lowest BCUT2D eigenvalue weighted by atomic mass is 10.0. The van der Waals surface area contributed by atoms with Crippen LogP contribution in [-0.2, 0) is 4.79 Å². The van der Waals surface area contributed by atoms with Gasteiger partial charge in [0.15, 0.2) is 0 Å². The zero-order chi connectivity index (χ0) is 13.0. The van der Waals surface area contributed by atoms with Gasteiger partial charge >= 0.3 is 0 Å². The van der Waals surface area contributed by atoms with E-state index in [2.05, 4.69) is 27.7 Å². The molecule has 0 aliphatic heterocycles. The van der Waals surface area contributed by atoms with Crippen LogP contribution in [0.5, 0.6) is 0 Å². The van der Waals surface area contributed by atoms with E-state index in [1.54, 1.807) is 0 Å². The van der Waals surface area contributed by atoms with E-state index in [9.17, 15) is 4.79 Å². The van der Waals surface area contributed by atoms with Crippen molar-refractivity contribution in [2.45, 2.75) is 46.6 Å². The molecule has 3 heteroatoms. The molecule has 0 radical (unpaired) electrons. The summed E-state index contributed by atoms with van der Waals surface area (Å²) in [6, 6.07) is 0.259. The van der Waals surface area contributed by atoms with Gasteiger partial charge in [0.2, 0.25) is 5.91 Å². The standard InChI is InChI=1S/C14H26N2O/c1-13(2)11(14(13,3)4)12(17)16(5)10(8-15)9-6-7-9/h9-11H,6-8,15H2,1-5H3. The average molecular weight is 238 g/mol. The van der Waals surface area contributed by atoms with Gasteiger partial charge in [0.25, 0.3) is 0 Å². The van der Waals surface area contributed by atoms with E-state index >= 15 is 0 Å².